The van der Waals surface area contributed by atoms with Gasteiger partial charge in [-0.25, -0.2) is 0 Å². The average molecular weight is 227 g/mol. The Bertz CT molecular complexity index is 549. The molecule has 1 aromatic heterocycles. The molecule has 1 saturated carbocycles. The van der Waals surface area contributed by atoms with Gasteiger partial charge in [-0.05, 0) is 56.4 Å². The lowest BCUT2D eigenvalue weighted by molar-refractivity contribution is 0.740. The van der Waals surface area contributed by atoms with Gasteiger partial charge >= 0.3 is 0 Å². The Morgan fingerprint density at radius 2 is 2.18 bits per heavy atom. The van der Waals surface area contributed by atoms with Crippen LogP contribution in [0.5, 0.6) is 0 Å². The van der Waals surface area contributed by atoms with E-state index >= 15 is 0 Å². The molecule has 0 N–H and O–H groups in total. The van der Waals surface area contributed by atoms with Crippen LogP contribution >= 0.6 is 0 Å². The van der Waals surface area contributed by atoms with Crippen LogP contribution in [0.2, 0.25) is 0 Å². The normalized spacial score (nSPS) is 16.6. The maximum Gasteiger partial charge on any atom is 0.0450 e. The first-order valence-corrected chi connectivity index (χ1v) is 6.49. The smallest absolute Gasteiger partial charge is 0.0450 e. The van der Waals surface area contributed by atoms with Crippen molar-refractivity contribution in [1.82, 2.24) is 4.57 Å². The summed E-state index contributed by atoms with van der Waals surface area (Å²) in [5.74, 6) is 0. The maximum absolute atomic E-state index is 4.14. The zero-order valence-corrected chi connectivity index (χ0v) is 10.9. The van der Waals surface area contributed by atoms with Crippen molar-refractivity contribution in [3.05, 3.63) is 41.1 Å². The lowest BCUT2D eigenvalue weighted by atomic mass is 9.92. The van der Waals surface area contributed by atoms with Gasteiger partial charge < -0.3 is 4.57 Å². The summed E-state index contributed by atoms with van der Waals surface area (Å²) in [4.78, 5) is 0. The first-order chi connectivity index (χ1) is 8.27. The number of nitrogens with zero attached hydrogens (tertiary/aromatic N) is 1. The molecule has 1 heteroatoms. The van der Waals surface area contributed by atoms with Crippen molar-refractivity contribution >= 4 is 17.8 Å². The van der Waals surface area contributed by atoms with Crippen LogP contribution < -0.4 is 10.7 Å². The minimum atomic E-state index is 1.03. The van der Waals surface area contributed by atoms with Crippen molar-refractivity contribution in [3.8, 4) is 0 Å². The summed E-state index contributed by atoms with van der Waals surface area (Å²) >= 11 is 0. The number of allylic oxidation sites excluding steroid dienone is 4. The predicted octanol–water partition coefficient (Wildman–Crippen LogP) is 3.06. The molecule has 1 heterocycles. The molecule has 0 spiro atoms. The Balaban J connectivity index is 2.58. The molecule has 90 valence electrons. The molecular weight excluding hydrogens is 206 g/mol. The summed E-state index contributed by atoms with van der Waals surface area (Å²) in [6.07, 6.45) is 11.2. The maximum atomic E-state index is 4.14. The van der Waals surface area contributed by atoms with Crippen molar-refractivity contribution in [3.63, 3.8) is 0 Å². The third kappa shape index (κ3) is 2.28. The molecule has 1 aliphatic carbocycles. The van der Waals surface area contributed by atoms with E-state index in [1.165, 1.54) is 30.3 Å². The van der Waals surface area contributed by atoms with Crippen LogP contribution in [0.15, 0.2) is 30.4 Å². The van der Waals surface area contributed by atoms with Crippen molar-refractivity contribution in [2.75, 3.05) is 0 Å². The largest absolute Gasteiger partial charge is 0.315 e. The summed E-state index contributed by atoms with van der Waals surface area (Å²) in [5, 5.41) is 2.47. The SMILES string of the molecule is C=c1ccc(=C2CCC2)n1/C(=C/C=C\C)CC. The van der Waals surface area contributed by atoms with Crippen molar-refractivity contribution in [2.45, 2.75) is 39.5 Å². The van der Waals surface area contributed by atoms with Gasteiger partial charge in [-0.15, -0.1) is 0 Å². The molecule has 1 aliphatic rings. The standard InChI is InChI=1S/C16H21N/c1-4-6-10-15(5-2)17-13(3)11-12-16(17)14-8-7-9-14/h4,6,10-12H,3,5,7-9H2,1-2H3/b6-4-,15-10+. The van der Waals surface area contributed by atoms with Gasteiger partial charge in [0, 0.05) is 16.4 Å². The molecule has 0 atom stereocenters. The third-order valence-corrected chi connectivity index (χ3v) is 3.41. The summed E-state index contributed by atoms with van der Waals surface area (Å²) < 4.78 is 2.31. The van der Waals surface area contributed by atoms with Gasteiger partial charge in [-0.3, -0.25) is 0 Å². The van der Waals surface area contributed by atoms with Gasteiger partial charge in [-0.2, -0.15) is 0 Å². The van der Waals surface area contributed by atoms with E-state index in [9.17, 15) is 0 Å². The summed E-state index contributed by atoms with van der Waals surface area (Å²) in [5.41, 5.74) is 2.91. The van der Waals surface area contributed by atoms with Gasteiger partial charge in [0.15, 0.2) is 0 Å². The van der Waals surface area contributed by atoms with Crippen LogP contribution in [0.1, 0.15) is 39.5 Å². The summed E-state index contributed by atoms with van der Waals surface area (Å²) in [6, 6.07) is 4.34. The van der Waals surface area contributed by atoms with Gasteiger partial charge in [0.05, 0.1) is 0 Å². The number of rotatable bonds is 3. The first-order valence-electron chi connectivity index (χ1n) is 6.49. The summed E-state index contributed by atoms with van der Waals surface area (Å²) in [6.45, 7) is 8.39. The van der Waals surface area contributed by atoms with Gasteiger partial charge in [0.1, 0.15) is 0 Å². The molecule has 0 unspecified atom stereocenters. The van der Waals surface area contributed by atoms with Crippen LogP contribution in [0, 0.1) is 0 Å². The number of hydrogen-bond acceptors (Lipinski definition) is 0. The Hall–Kier alpha value is -1.50. The Kier molecular flexibility index (Phi) is 3.68. The molecule has 17 heavy (non-hydrogen) atoms. The predicted molar refractivity (Wildman–Crippen MR) is 75.8 cm³/mol. The lowest BCUT2D eigenvalue weighted by Crippen LogP contribution is -2.28. The minimum Gasteiger partial charge on any atom is -0.315 e. The molecule has 1 aromatic rings. The van der Waals surface area contributed by atoms with Crippen LogP contribution in [-0.2, 0) is 0 Å². The minimum absolute atomic E-state index is 1.03. The molecular formula is C16H21N. The van der Waals surface area contributed by atoms with Crippen molar-refractivity contribution < 1.29 is 0 Å². The van der Waals surface area contributed by atoms with E-state index in [4.69, 9.17) is 0 Å². The van der Waals surface area contributed by atoms with Crippen molar-refractivity contribution in [1.29, 1.82) is 0 Å². The van der Waals surface area contributed by atoms with Crippen LogP contribution in [-0.4, -0.2) is 4.57 Å². The number of aromatic nitrogens is 1. The molecule has 1 fully saturated rings. The molecule has 2 rings (SSSR count). The second kappa shape index (κ2) is 5.22. The second-order valence-electron chi connectivity index (χ2n) is 4.54. The average Bonchev–Trinajstić information content (AvgIpc) is 2.61. The highest BCUT2D eigenvalue weighted by molar-refractivity contribution is 5.55. The molecule has 0 amide bonds. The number of hydrogen-bond donors (Lipinski definition) is 0. The Morgan fingerprint density at radius 1 is 1.41 bits per heavy atom. The Morgan fingerprint density at radius 3 is 2.71 bits per heavy atom. The Labute approximate surface area is 103 Å². The van der Waals surface area contributed by atoms with Gasteiger partial charge in [0.25, 0.3) is 0 Å². The van der Waals surface area contributed by atoms with E-state index in [1.807, 2.05) is 6.92 Å². The first kappa shape index (κ1) is 12.0. The highest BCUT2D eigenvalue weighted by Gasteiger charge is 2.12. The van der Waals surface area contributed by atoms with E-state index in [0.29, 0.717) is 0 Å². The van der Waals surface area contributed by atoms with Crippen LogP contribution in [0.4, 0.5) is 0 Å². The molecule has 0 radical (unpaired) electrons. The highest BCUT2D eigenvalue weighted by atomic mass is 15.0. The lowest BCUT2D eigenvalue weighted by Gasteiger charge is -2.18. The highest BCUT2D eigenvalue weighted by Crippen LogP contribution is 2.25. The van der Waals surface area contributed by atoms with E-state index in [0.717, 1.165) is 11.8 Å². The fraction of sp³-hybridized carbons (Fsp3) is 0.375. The molecule has 0 aliphatic heterocycles. The molecule has 0 bridgehead atoms. The van der Waals surface area contributed by atoms with E-state index in [-0.39, 0.29) is 0 Å². The van der Waals surface area contributed by atoms with E-state index < -0.39 is 0 Å². The third-order valence-electron chi connectivity index (χ3n) is 3.41. The monoisotopic (exact) mass is 227 g/mol. The molecule has 0 aromatic carbocycles. The molecule has 1 nitrogen and oxygen atoms in total. The van der Waals surface area contributed by atoms with Crippen LogP contribution in [0.25, 0.3) is 17.8 Å². The van der Waals surface area contributed by atoms with Gasteiger partial charge in [-0.1, -0.05) is 25.7 Å². The fourth-order valence-electron chi connectivity index (χ4n) is 2.26. The summed E-state index contributed by atoms with van der Waals surface area (Å²) in [7, 11) is 0. The van der Waals surface area contributed by atoms with Gasteiger partial charge in [0.2, 0.25) is 0 Å². The van der Waals surface area contributed by atoms with Crippen molar-refractivity contribution in [2.24, 2.45) is 0 Å². The van der Waals surface area contributed by atoms with E-state index in [2.05, 4.69) is 48.4 Å². The quantitative estimate of drug-likeness (QED) is 0.699. The topological polar surface area (TPSA) is 4.93 Å². The zero-order valence-electron chi connectivity index (χ0n) is 10.9. The van der Waals surface area contributed by atoms with E-state index in [1.54, 1.807) is 5.57 Å². The zero-order chi connectivity index (χ0) is 12.3. The fourth-order valence-corrected chi connectivity index (χ4v) is 2.26. The molecule has 0 saturated heterocycles. The van der Waals surface area contributed by atoms with Crippen LogP contribution in [0.3, 0.4) is 0 Å². The second-order valence-corrected chi connectivity index (χ2v) is 4.54.